The smallest absolute Gasteiger partial charge is 0.293 e. The lowest BCUT2D eigenvalue weighted by Crippen LogP contribution is -2.52. The van der Waals surface area contributed by atoms with Gasteiger partial charge in [-0.05, 0) is 70.0 Å². The van der Waals surface area contributed by atoms with Gasteiger partial charge in [0, 0.05) is 44.4 Å². The molecule has 0 aromatic rings. The van der Waals surface area contributed by atoms with Gasteiger partial charge in [-0.15, -0.1) is 0 Å². The van der Waals surface area contributed by atoms with E-state index in [1.54, 1.807) is 19.0 Å². The minimum absolute atomic E-state index is 0.00954. The van der Waals surface area contributed by atoms with Gasteiger partial charge in [0.2, 0.25) is 0 Å². The summed E-state index contributed by atoms with van der Waals surface area (Å²) in [6.07, 6.45) is 8.77. The summed E-state index contributed by atoms with van der Waals surface area (Å²) in [5.41, 5.74) is 12.1. The third-order valence-electron chi connectivity index (χ3n) is 6.69. The summed E-state index contributed by atoms with van der Waals surface area (Å²) in [7, 11) is 1.64. The first-order valence-electron chi connectivity index (χ1n) is 13.9. The molecule has 3 N–H and O–H groups in total. The van der Waals surface area contributed by atoms with Crippen molar-refractivity contribution in [3.05, 3.63) is 47.3 Å². The van der Waals surface area contributed by atoms with E-state index in [-0.39, 0.29) is 23.5 Å². The van der Waals surface area contributed by atoms with Crippen molar-refractivity contribution in [2.75, 3.05) is 53.1 Å². The molecule has 0 aliphatic carbocycles. The Kier molecular flexibility index (Phi) is 16.3. The summed E-state index contributed by atoms with van der Waals surface area (Å²) < 4.78 is 15.8. The maximum absolute atomic E-state index is 11.2. The van der Waals surface area contributed by atoms with Crippen molar-refractivity contribution in [1.82, 2.24) is 15.3 Å². The molecule has 2 heterocycles. The lowest BCUT2D eigenvalue weighted by molar-refractivity contribution is -0.136. The molecule has 0 aromatic heterocycles. The van der Waals surface area contributed by atoms with Crippen LogP contribution in [0.4, 0.5) is 0 Å². The summed E-state index contributed by atoms with van der Waals surface area (Å²) in [4.78, 5) is 28.2. The fraction of sp³-hybridized carbons (Fsp3) is 0.633. The summed E-state index contributed by atoms with van der Waals surface area (Å²) in [5, 5.41) is 1.62. The van der Waals surface area contributed by atoms with Gasteiger partial charge in [-0.1, -0.05) is 26.5 Å². The number of nitrogens with two attached hydrogens (primary N) is 1. The molecule has 0 spiro atoms. The number of hydrogen-bond donors (Lipinski definition) is 2. The van der Waals surface area contributed by atoms with Gasteiger partial charge in [0.15, 0.2) is 0 Å². The van der Waals surface area contributed by atoms with E-state index in [9.17, 15) is 9.59 Å². The van der Waals surface area contributed by atoms with Gasteiger partial charge in [0.1, 0.15) is 0 Å². The molecular weight excluding hydrogens is 510 g/mol. The minimum atomic E-state index is -0.388. The van der Waals surface area contributed by atoms with Crippen LogP contribution in [0.15, 0.2) is 52.3 Å². The van der Waals surface area contributed by atoms with E-state index in [1.165, 1.54) is 0 Å². The second-order valence-electron chi connectivity index (χ2n) is 10.9. The van der Waals surface area contributed by atoms with Crippen LogP contribution < -0.4 is 11.2 Å². The first-order chi connectivity index (χ1) is 18.9. The number of aliphatic imine (C=N–C) groups is 1. The highest BCUT2D eigenvalue weighted by molar-refractivity contribution is 5.80. The highest BCUT2D eigenvalue weighted by Gasteiger charge is 2.22. The molecule has 2 rings (SSSR count). The number of nitrogens with one attached hydrogen (secondary N) is 1. The summed E-state index contributed by atoms with van der Waals surface area (Å²) in [5.74, 6) is -0.00954. The van der Waals surface area contributed by atoms with Gasteiger partial charge >= 0.3 is 0 Å². The molecule has 10 nitrogen and oxygen atoms in total. The van der Waals surface area contributed by atoms with E-state index >= 15 is 0 Å². The zero-order chi connectivity index (χ0) is 30.1. The average Bonchev–Trinajstić information content (AvgIpc) is 2.96. The van der Waals surface area contributed by atoms with Crippen molar-refractivity contribution < 1.29 is 23.8 Å². The molecule has 0 aromatic carbocycles. The molecule has 0 bridgehead atoms. The van der Waals surface area contributed by atoms with Crippen LogP contribution in [0.25, 0.3) is 0 Å². The highest BCUT2D eigenvalue weighted by Crippen LogP contribution is 2.30. The summed E-state index contributed by atoms with van der Waals surface area (Å²) in [6.45, 7) is 23.5. The van der Waals surface area contributed by atoms with Crippen LogP contribution in [0.5, 0.6) is 0 Å². The van der Waals surface area contributed by atoms with Crippen molar-refractivity contribution in [3.8, 4) is 0 Å². The Morgan fingerprint density at radius 1 is 1.20 bits per heavy atom. The zero-order valence-electron chi connectivity index (χ0n) is 25.4. The van der Waals surface area contributed by atoms with Gasteiger partial charge in [-0.2, -0.15) is 0 Å². The number of carbonyl (C=O) groups excluding carboxylic acids is 2. The molecule has 10 heteroatoms. The van der Waals surface area contributed by atoms with E-state index in [0.29, 0.717) is 19.5 Å². The van der Waals surface area contributed by atoms with Crippen molar-refractivity contribution in [1.29, 1.82) is 0 Å². The van der Waals surface area contributed by atoms with Crippen LogP contribution in [0.2, 0.25) is 0 Å². The molecule has 2 saturated heterocycles. The fourth-order valence-electron chi connectivity index (χ4n) is 4.20. The number of carbonyl (C=O) groups is 2. The molecule has 0 saturated carbocycles. The molecule has 2 aliphatic rings. The van der Waals surface area contributed by atoms with Gasteiger partial charge in [-0.25, -0.2) is 5.43 Å². The van der Waals surface area contributed by atoms with Gasteiger partial charge in [0.25, 0.3) is 12.4 Å². The molecule has 1 amide bonds. The first kappa shape index (κ1) is 35.2. The Balaban J connectivity index is 0.000000603. The second kappa shape index (κ2) is 18.5. The number of morpholine rings is 1. The predicted octanol–water partition coefficient (Wildman–Crippen LogP) is 3.37. The monoisotopic (exact) mass is 561 g/mol. The number of ether oxygens (including phenoxy) is 3. The van der Waals surface area contributed by atoms with Crippen molar-refractivity contribution in [2.45, 2.75) is 66.0 Å². The Morgan fingerprint density at radius 2 is 1.88 bits per heavy atom. The van der Waals surface area contributed by atoms with Crippen molar-refractivity contribution >= 4 is 19.1 Å². The number of nitrogens with zero attached hydrogens (tertiary/aromatic N) is 3. The Hall–Kier alpha value is -2.79. The lowest BCUT2D eigenvalue weighted by atomic mass is 9.83. The summed E-state index contributed by atoms with van der Waals surface area (Å²) in [6, 6.07) is -0.388. The number of allylic oxidation sites excluding steroid dienone is 6. The second-order valence-corrected chi connectivity index (χ2v) is 10.9. The van der Waals surface area contributed by atoms with Gasteiger partial charge < -0.3 is 24.8 Å². The molecular formula is C30H51N5O5. The normalized spacial score (nSPS) is 18.7. The Bertz CT molecular complexity index is 913. The molecule has 2 atom stereocenters. The fourth-order valence-corrected chi connectivity index (χ4v) is 4.20. The van der Waals surface area contributed by atoms with Crippen LogP contribution >= 0.6 is 0 Å². The van der Waals surface area contributed by atoms with Crippen molar-refractivity contribution in [3.63, 3.8) is 0 Å². The molecule has 40 heavy (non-hydrogen) atoms. The molecule has 226 valence electrons. The van der Waals surface area contributed by atoms with Crippen molar-refractivity contribution in [2.24, 2.45) is 16.1 Å². The van der Waals surface area contributed by atoms with Gasteiger partial charge in [-0.3, -0.25) is 19.6 Å². The van der Waals surface area contributed by atoms with E-state index in [1.807, 2.05) is 19.1 Å². The minimum Gasteiger partial charge on any atom is -0.467 e. The molecule has 0 radical (unpaired) electrons. The molecule has 2 aliphatic heterocycles. The lowest BCUT2D eigenvalue weighted by Gasteiger charge is -2.30. The summed E-state index contributed by atoms with van der Waals surface area (Å²) >= 11 is 0. The topological polar surface area (TPSA) is 119 Å². The standard InChI is InChI=1S/C23H36N2O4.C7H15N3O/c1-18(14-19(2)25-10-12-28-13-11-25)21(15-23(4,5)16-29-17-26)8-9-22(24-6)20(3)27-7;1-6(8)7(11)10-5-3-2-4-9-10/h8-9,14,17,20H,1,6,10-13,15-16H2,2-5,7H3;6,9H,2-5,8H2,1H3/b19-14+,21-8+,22-9+;. The molecule has 2 unspecified atom stereocenters. The van der Waals surface area contributed by atoms with Crippen LogP contribution in [0.1, 0.15) is 53.9 Å². The third kappa shape index (κ3) is 13.0. The van der Waals surface area contributed by atoms with E-state index < -0.39 is 0 Å². The quantitative estimate of drug-likeness (QED) is 0.200. The predicted molar refractivity (Wildman–Crippen MR) is 160 cm³/mol. The number of amides is 1. The van der Waals surface area contributed by atoms with E-state index in [4.69, 9.17) is 19.9 Å². The number of methoxy groups -OCH3 is 1. The maximum Gasteiger partial charge on any atom is 0.293 e. The largest absolute Gasteiger partial charge is 0.467 e. The number of rotatable bonds is 13. The average molecular weight is 562 g/mol. The Morgan fingerprint density at radius 3 is 2.40 bits per heavy atom. The van der Waals surface area contributed by atoms with Crippen LogP contribution in [-0.4, -0.2) is 94.3 Å². The highest BCUT2D eigenvalue weighted by atomic mass is 16.5. The van der Waals surface area contributed by atoms with Crippen LogP contribution in [-0.2, 0) is 23.8 Å². The Labute approximate surface area is 240 Å². The van der Waals surface area contributed by atoms with Gasteiger partial charge in [0.05, 0.1) is 37.7 Å². The first-order valence-corrected chi connectivity index (χ1v) is 13.9. The maximum atomic E-state index is 11.2. The zero-order valence-corrected chi connectivity index (χ0v) is 25.4. The number of hydrazine groups is 1. The number of hydrogen-bond acceptors (Lipinski definition) is 9. The van der Waals surface area contributed by atoms with E-state index in [2.05, 4.69) is 55.5 Å². The SMILES string of the molecule is C=N/C(=C/C=C(\CC(C)(C)COC=O)C(=C)/C=C(\C)N1CCOCC1)C(C)OC.CC(N)C(=O)N1CCCCN1. The van der Waals surface area contributed by atoms with Crippen LogP contribution in [0.3, 0.4) is 0 Å². The molecule has 2 fully saturated rings. The van der Waals surface area contributed by atoms with Crippen LogP contribution in [0, 0.1) is 5.41 Å². The van der Waals surface area contributed by atoms with E-state index in [0.717, 1.165) is 74.8 Å². The third-order valence-corrected chi connectivity index (χ3v) is 6.69.